The molecule has 1 heterocycles. The van der Waals surface area contributed by atoms with Crippen molar-refractivity contribution in [3.63, 3.8) is 0 Å². The SMILES string of the molecule is CCCc1cc(C(=O)NC(CCO)C(C)(C)C)sc1C. The number of nitrogens with one attached hydrogen (secondary N) is 1. The van der Waals surface area contributed by atoms with Gasteiger partial charge in [0.2, 0.25) is 0 Å². The molecule has 20 heavy (non-hydrogen) atoms. The standard InChI is InChI=1S/C16H27NO2S/c1-6-7-12-10-13(20-11(12)2)15(19)17-14(8-9-18)16(3,4)5/h10,14,18H,6-9H2,1-5H3,(H,17,19). The number of aliphatic hydroxyl groups is 1. The molecule has 0 saturated heterocycles. The van der Waals surface area contributed by atoms with Crippen molar-refractivity contribution in [3.8, 4) is 0 Å². The number of rotatable bonds is 6. The molecule has 0 radical (unpaired) electrons. The number of thiophene rings is 1. The number of aryl methyl sites for hydroxylation is 2. The van der Waals surface area contributed by atoms with Crippen molar-refractivity contribution in [2.24, 2.45) is 5.41 Å². The van der Waals surface area contributed by atoms with Crippen LogP contribution in [0, 0.1) is 12.3 Å². The molecule has 0 bridgehead atoms. The zero-order valence-corrected chi connectivity index (χ0v) is 14.1. The van der Waals surface area contributed by atoms with Gasteiger partial charge in [0.1, 0.15) is 0 Å². The lowest BCUT2D eigenvalue weighted by Gasteiger charge is -2.30. The van der Waals surface area contributed by atoms with E-state index >= 15 is 0 Å². The van der Waals surface area contributed by atoms with Crippen LogP contribution in [0.5, 0.6) is 0 Å². The van der Waals surface area contributed by atoms with Crippen molar-refractivity contribution in [1.82, 2.24) is 5.32 Å². The number of carbonyl (C=O) groups is 1. The third kappa shape index (κ3) is 4.60. The van der Waals surface area contributed by atoms with Gasteiger partial charge in [0.25, 0.3) is 5.91 Å². The Balaban J connectivity index is 2.81. The number of aliphatic hydroxyl groups excluding tert-OH is 1. The van der Waals surface area contributed by atoms with E-state index in [2.05, 4.69) is 39.9 Å². The summed E-state index contributed by atoms with van der Waals surface area (Å²) in [6, 6.07) is 1.99. The molecule has 114 valence electrons. The van der Waals surface area contributed by atoms with Gasteiger partial charge in [0, 0.05) is 17.5 Å². The van der Waals surface area contributed by atoms with E-state index in [1.165, 1.54) is 10.4 Å². The van der Waals surface area contributed by atoms with Gasteiger partial charge in [-0.15, -0.1) is 11.3 Å². The molecule has 1 unspecified atom stereocenters. The summed E-state index contributed by atoms with van der Waals surface area (Å²) in [7, 11) is 0. The fourth-order valence-corrected chi connectivity index (χ4v) is 3.20. The molecule has 1 aromatic rings. The maximum absolute atomic E-state index is 12.4. The molecule has 0 fully saturated rings. The van der Waals surface area contributed by atoms with Gasteiger partial charge in [-0.1, -0.05) is 34.1 Å². The molecular formula is C16H27NO2S. The summed E-state index contributed by atoms with van der Waals surface area (Å²) in [6.45, 7) is 10.5. The van der Waals surface area contributed by atoms with Crippen LogP contribution < -0.4 is 5.32 Å². The molecule has 1 atom stereocenters. The number of amides is 1. The summed E-state index contributed by atoms with van der Waals surface area (Å²) in [6.07, 6.45) is 2.70. The van der Waals surface area contributed by atoms with E-state index in [-0.39, 0.29) is 24.0 Å². The van der Waals surface area contributed by atoms with Crippen LogP contribution in [0.15, 0.2) is 6.07 Å². The molecule has 0 aliphatic heterocycles. The average Bonchev–Trinajstić information content (AvgIpc) is 2.70. The zero-order valence-electron chi connectivity index (χ0n) is 13.2. The monoisotopic (exact) mass is 297 g/mol. The lowest BCUT2D eigenvalue weighted by Crippen LogP contribution is -2.44. The lowest BCUT2D eigenvalue weighted by molar-refractivity contribution is 0.0889. The van der Waals surface area contributed by atoms with Gasteiger partial charge in [-0.3, -0.25) is 4.79 Å². The van der Waals surface area contributed by atoms with Crippen LogP contribution in [0.3, 0.4) is 0 Å². The Bertz CT molecular complexity index is 446. The fraction of sp³-hybridized carbons (Fsp3) is 0.688. The molecule has 0 saturated carbocycles. The van der Waals surface area contributed by atoms with Crippen molar-refractivity contribution < 1.29 is 9.90 Å². The van der Waals surface area contributed by atoms with Crippen molar-refractivity contribution in [2.45, 2.75) is 59.9 Å². The Kier molecular flexibility index (Phi) is 6.21. The summed E-state index contributed by atoms with van der Waals surface area (Å²) in [4.78, 5) is 14.4. The minimum atomic E-state index is -0.0586. The molecule has 1 aromatic heterocycles. The van der Waals surface area contributed by atoms with Crippen LogP contribution in [0.4, 0.5) is 0 Å². The van der Waals surface area contributed by atoms with Gasteiger partial charge >= 0.3 is 0 Å². The highest BCUT2D eigenvalue weighted by Gasteiger charge is 2.26. The van der Waals surface area contributed by atoms with Gasteiger partial charge in [-0.05, 0) is 36.8 Å². The Morgan fingerprint density at radius 1 is 1.45 bits per heavy atom. The molecule has 0 aromatic carbocycles. The first-order chi connectivity index (χ1) is 9.29. The second kappa shape index (κ2) is 7.23. The van der Waals surface area contributed by atoms with E-state index in [0.717, 1.165) is 17.7 Å². The highest BCUT2D eigenvalue weighted by atomic mass is 32.1. The smallest absolute Gasteiger partial charge is 0.261 e. The predicted molar refractivity (Wildman–Crippen MR) is 85.5 cm³/mol. The Morgan fingerprint density at radius 2 is 2.10 bits per heavy atom. The van der Waals surface area contributed by atoms with E-state index in [9.17, 15) is 4.79 Å². The fourth-order valence-electron chi connectivity index (χ4n) is 2.23. The summed E-state index contributed by atoms with van der Waals surface area (Å²) in [5.41, 5.74) is 1.22. The molecule has 1 amide bonds. The van der Waals surface area contributed by atoms with E-state index in [4.69, 9.17) is 5.11 Å². The van der Waals surface area contributed by atoms with Gasteiger partial charge in [0.05, 0.1) is 4.88 Å². The van der Waals surface area contributed by atoms with E-state index in [1.807, 2.05) is 6.07 Å². The van der Waals surface area contributed by atoms with E-state index in [0.29, 0.717) is 6.42 Å². The molecule has 0 aliphatic rings. The zero-order chi connectivity index (χ0) is 15.3. The number of hydrogen-bond acceptors (Lipinski definition) is 3. The van der Waals surface area contributed by atoms with Crippen LogP contribution in [-0.4, -0.2) is 23.7 Å². The van der Waals surface area contributed by atoms with Gasteiger partial charge in [0.15, 0.2) is 0 Å². The Morgan fingerprint density at radius 3 is 2.60 bits per heavy atom. The lowest BCUT2D eigenvalue weighted by atomic mass is 9.85. The number of carbonyl (C=O) groups excluding carboxylic acids is 1. The quantitative estimate of drug-likeness (QED) is 0.844. The topological polar surface area (TPSA) is 49.3 Å². The largest absolute Gasteiger partial charge is 0.396 e. The highest BCUT2D eigenvalue weighted by Crippen LogP contribution is 2.25. The average molecular weight is 297 g/mol. The Hall–Kier alpha value is -0.870. The Labute approximate surface area is 126 Å². The summed E-state index contributed by atoms with van der Waals surface area (Å²) >= 11 is 1.56. The van der Waals surface area contributed by atoms with Gasteiger partial charge in [-0.25, -0.2) is 0 Å². The third-order valence-electron chi connectivity index (χ3n) is 3.53. The van der Waals surface area contributed by atoms with Gasteiger partial charge < -0.3 is 10.4 Å². The summed E-state index contributed by atoms with van der Waals surface area (Å²) in [5.74, 6) is -0.0196. The minimum Gasteiger partial charge on any atom is -0.396 e. The van der Waals surface area contributed by atoms with E-state index in [1.54, 1.807) is 11.3 Å². The molecule has 0 aliphatic carbocycles. The van der Waals surface area contributed by atoms with E-state index < -0.39 is 0 Å². The van der Waals surface area contributed by atoms with Crippen LogP contribution >= 0.6 is 11.3 Å². The predicted octanol–water partition coefficient (Wildman–Crippen LogP) is 3.54. The van der Waals surface area contributed by atoms with Crippen molar-refractivity contribution in [3.05, 3.63) is 21.4 Å². The minimum absolute atomic E-state index is 0.0166. The molecule has 0 spiro atoms. The second-order valence-corrected chi connectivity index (χ2v) is 7.60. The first-order valence-electron chi connectivity index (χ1n) is 7.30. The molecule has 3 nitrogen and oxygen atoms in total. The molecule has 2 N–H and O–H groups in total. The van der Waals surface area contributed by atoms with Crippen LogP contribution in [0.1, 0.15) is 60.6 Å². The van der Waals surface area contributed by atoms with Gasteiger partial charge in [-0.2, -0.15) is 0 Å². The summed E-state index contributed by atoms with van der Waals surface area (Å²) in [5, 5.41) is 12.2. The van der Waals surface area contributed by atoms with Crippen molar-refractivity contribution in [1.29, 1.82) is 0 Å². The first kappa shape index (κ1) is 17.2. The summed E-state index contributed by atoms with van der Waals surface area (Å²) < 4.78 is 0. The van der Waals surface area contributed by atoms with Crippen molar-refractivity contribution >= 4 is 17.2 Å². The van der Waals surface area contributed by atoms with Crippen molar-refractivity contribution in [2.75, 3.05) is 6.61 Å². The maximum atomic E-state index is 12.4. The first-order valence-corrected chi connectivity index (χ1v) is 8.12. The highest BCUT2D eigenvalue weighted by molar-refractivity contribution is 7.14. The number of hydrogen-bond donors (Lipinski definition) is 2. The third-order valence-corrected chi connectivity index (χ3v) is 4.62. The maximum Gasteiger partial charge on any atom is 0.261 e. The second-order valence-electron chi connectivity index (χ2n) is 6.35. The molecular weight excluding hydrogens is 270 g/mol. The normalized spacial score (nSPS) is 13.3. The molecule has 4 heteroatoms. The van der Waals surface area contributed by atoms with Crippen LogP contribution in [0.25, 0.3) is 0 Å². The van der Waals surface area contributed by atoms with Crippen LogP contribution in [0.2, 0.25) is 0 Å². The molecule has 1 rings (SSSR count). The van der Waals surface area contributed by atoms with Crippen LogP contribution in [-0.2, 0) is 6.42 Å².